The molecule has 3 rings (SSSR count). The Hall–Kier alpha value is -1.38. The Labute approximate surface area is 167 Å². The fourth-order valence-electron chi connectivity index (χ4n) is 3.43. The van der Waals surface area contributed by atoms with Crippen LogP contribution in [0, 0.1) is 6.92 Å². The molecule has 2 aromatic heterocycles. The van der Waals surface area contributed by atoms with Gasteiger partial charge in [0.2, 0.25) is 5.91 Å². The molecule has 0 unspecified atom stereocenters. The average Bonchev–Trinajstić information content (AvgIpc) is 3.25. The van der Waals surface area contributed by atoms with Gasteiger partial charge in [0.1, 0.15) is 4.83 Å². The minimum absolute atomic E-state index is 0.0118. The lowest BCUT2D eigenvalue weighted by Crippen LogP contribution is -2.33. The molecular weight excluding hydrogens is 382 g/mol. The van der Waals surface area contributed by atoms with Gasteiger partial charge >= 0.3 is 0 Å². The smallest absolute Gasteiger partial charge is 0.263 e. The van der Waals surface area contributed by atoms with Gasteiger partial charge in [-0.2, -0.15) is 0 Å². The third-order valence-electron chi connectivity index (χ3n) is 4.84. The lowest BCUT2D eigenvalue weighted by Gasteiger charge is -2.18. The highest BCUT2D eigenvalue weighted by Gasteiger charge is 2.24. The van der Waals surface area contributed by atoms with E-state index in [0.29, 0.717) is 18.2 Å². The molecule has 0 radical (unpaired) electrons. The van der Waals surface area contributed by atoms with Crippen LogP contribution in [0.25, 0.3) is 10.2 Å². The number of aryl methyl sites for hydroxylation is 2. The van der Waals surface area contributed by atoms with Crippen LogP contribution in [0.4, 0.5) is 0 Å². The molecule has 1 N–H and O–H groups in total. The minimum atomic E-state index is -0.322. The molecule has 1 aliphatic heterocycles. The average molecular weight is 410 g/mol. The van der Waals surface area contributed by atoms with Gasteiger partial charge < -0.3 is 10.1 Å². The molecule has 6 nitrogen and oxygen atoms in total. The summed E-state index contributed by atoms with van der Waals surface area (Å²) in [6.45, 7) is 9.67. The fraction of sp³-hybridized carbons (Fsp3) is 0.632. The number of thiophene rings is 1. The molecule has 0 aromatic carbocycles. The summed E-state index contributed by atoms with van der Waals surface area (Å²) in [5, 5.41) is 3.84. The van der Waals surface area contributed by atoms with Gasteiger partial charge in [-0.25, -0.2) is 4.98 Å². The topological polar surface area (TPSA) is 73.2 Å². The first-order valence-corrected chi connectivity index (χ1v) is 11.2. The number of amides is 1. The van der Waals surface area contributed by atoms with E-state index in [0.717, 1.165) is 46.5 Å². The van der Waals surface area contributed by atoms with Crippen LogP contribution in [-0.2, 0) is 22.5 Å². The van der Waals surface area contributed by atoms with Gasteiger partial charge in [0, 0.05) is 18.0 Å². The Kier molecular flexibility index (Phi) is 6.60. The van der Waals surface area contributed by atoms with Gasteiger partial charge in [0.05, 0.1) is 23.3 Å². The molecule has 27 heavy (non-hydrogen) atoms. The fourth-order valence-corrected chi connectivity index (χ4v) is 5.53. The van der Waals surface area contributed by atoms with Crippen LogP contribution in [0.1, 0.15) is 44.1 Å². The summed E-state index contributed by atoms with van der Waals surface area (Å²) in [5.74, 6) is -0.0443. The van der Waals surface area contributed by atoms with E-state index in [4.69, 9.17) is 9.72 Å². The van der Waals surface area contributed by atoms with Crippen molar-refractivity contribution in [3.8, 4) is 0 Å². The van der Waals surface area contributed by atoms with Gasteiger partial charge in [-0.3, -0.25) is 14.2 Å². The molecule has 1 aliphatic rings. The normalized spacial score (nSPS) is 18.1. The van der Waals surface area contributed by atoms with Crippen LogP contribution in [0.5, 0.6) is 0 Å². The monoisotopic (exact) mass is 409 g/mol. The van der Waals surface area contributed by atoms with Crippen LogP contribution in [0.15, 0.2) is 9.95 Å². The summed E-state index contributed by atoms with van der Waals surface area (Å²) in [6, 6.07) is 0. The van der Waals surface area contributed by atoms with Crippen molar-refractivity contribution in [2.75, 3.05) is 13.2 Å². The maximum absolute atomic E-state index is 13.4. The molecule has 0 aliphatic carbocycles. The number of rotatable bonds is 7. The summed E-state index contributed by atoms with van der Waals surface area (Å²) in [4.78, 5) is 32.3. The summed E-state index contributed by atoms with van der Waals surface area (Å²) in [6.07, 6.45) is 2.81. The Morgan fingerprint density at radius 3 is 2.89 bits per heavy atom. The third-order valence-corrected chi connectivity index (χ3v) is 6.98. The first-order valence-electron chi connectivity index (χ1n) is 9.55. The van der Waals surface area contributed by atoms with Crippen molar-refractivity contribution in [1.82, 2.24) is 14.9 Å². The van der Waals surface area contributed by atoms with Crippen molar-refractivity contribution >= 4 is 39.2 Å². The van der Waals surface area contributed by atoms with E-state index in [-0.39, 0.29) is 22.8 Å². The van der Waals surface area contributed by atoms with Crippen LogP contribution in [-0.4, -0.2) is 40.0 Å². The van der Waals surface area contributed by atoms with E-state index in [1.54, 1.807) is 15.9 Å². The Balaban J connectivity index is 2.06. The van der Waals surface area contributed by atoms with Crippen molar-refractivity contribution in [2.45, 2.75) is 70.0 Å². The zero-order valence-electron chi connectivity index (χ0n) is 16.3. The molecule has 3 heterocycles. The molecule has 1 fully saturated rings. The number of hydrogen-bond acceptors (Lipinski definition) is 6. The number of aromatic nitrogens is 2. The number of carbonyl (C=O) groups is 1. The highest BCUT2D eigenvalue weighted by molar-refractivity contribution is 8.00. The van der Waals surface area contributed by atoms with E-state index in [1.807, 2.05) is 20.8 Å². The molecule has 2 atom stereocenters. The standard InChI is InChI=1S/C19H27N3O3S2/c1-5-14-11(3)26-17-15(14)18(24)22(10-13-8-7-9-25-13)19(21-17)27-12(4)16(23)20-6-2/h12-13H,5-10H2,1-4H3,(H,20,23)/t12-,13-/m0/s1. The Morgan fingerprint density at radius 2 is 2.26 bits per heavy atom. The maximum Gasteiger partial charge on any atom is 0.263 e. The number of ether oxygens (including phenoxy) is 1. The van der Waals surface area contributed by atoms with E-state index >= 15 is 0 Å². The van der Waals surface area contributed by atoms with Gasteiger partial charge in [-0.05, 0) is 45.6 Å². The summed E-state index contributed by atoms with van der Waals surface area (Å²) >= 11 is 2.90. The summed E-state index contributed by atoms with van der Waals surface area (Å²) in [7, 11) is 0. The molecule has 8 heteroatoms. The van der Waals surface area contributed by atoms with Crippen LogP contribution in [0.3, 0.4) is 0 Å². The number of carbonyl (C=O) groups excluding carboxylic acids is 1. The van der Waals surface area contributed by atoms with Crippen molar-refractivity contribution in [1.29, 1.82) is 0 Å². The van der Waals surface area contributed by atoms with Gasteiger partial charge in [-0.15, -0.1) is 11.3 Å². The maximum atomic E-state index is 13.4. The highest BCUT2D eigenvalue weighted by Crippen LogP contribution is 2.31. The molecule has 0 spiro atoms. The van der Waals surface area contributed by atoms with Crippen molar-refractivity contribution in [3.63, 3.8) is 0 Å². The predicted octanol–water partition coefficient (Wildman–Crippen LogP) is 3.12. The van der Waals surface area contributed by atoms with E-state index < -0.39 is 0 Å². The first kappa shape index (κ1) is 20.4. The van der Waals surface area contributed by atoms with Crippen LogP contribution < -0.4 is 10.9 Å². The second kappa shape index (κ2) is 8.75. The van der Waals surface area contributed by atoms with Crippen molar-refractivity contribution in [2.24, 2.45) is 0 Å². The van der Waals surface area contributed by atoms with Crippen LogP contribution in [0.2, 0.25) is 0 Å². The van der Waals surface area contributed by atoms with Gasteiger partial charge in [0.15, 0.2) is 5.16 Å². The second-order valence-electron chi connectivity index (χ2n) is 6.77. The quantitative estimate of drug-likeness (QED) is 0.562. The molecule has 0 bridgehead atoms. The molecular formula is C19H27N3O3S2. The van der Waals surface area contributed by atoms with E-state index in [2.05, 4.69) is 12.2 Å². The number of nitrogens with one attached hydrogen (secondary N) is 1. The lowest BCUT2D eigenvalue weighted by atomic mass is 10.1. The molecule has 1 saturated heterocycles. The zero-order chi connectivity index (χ0) is 19.6. The SMILES string of the molecule is CCNC(=O)[C@H](C)Sc1nc2sc(C)c(CC)c2c(=O)n1C[C@@H]1CCCO1. The summed E-state index contributed by atoms with van der Waals surface area (Å²) in [5.41, 5.74) is 1.07. The zero-order valence-corrected chi connectivity index (χ0v) is 18.0. The van der Waals surface area contributed by atoms with Crippen molar-refractivity contribution in [3.05, 3.63) is 20.8 Å². The largest absolute Gasteiger partial charge is 0.376 e. The Bertz CT molecular complexity index is 884. The number of nitrogens with zero attached hydrogens (tertiary/aromatic N) is 2. The number of fused-ring (bicyclic) bond motifs is 1. The van der Waals surface area contributed by atoms with E-state index in [1.165, 1.54) is 11.8 Å². The number of thioether (sulfide) groups is 1. The summed E-state index contributed by atoms with van der Waals surface area (Å²) < 4.78 is 7.48. The lowest BCUT2D eigenvalue weighted by molar-refractivity contribution is -0.120. The van der Waals surface area contributed by atoms with Gasteiger partial charge in [0.25, 0.3) is 5.56 Å². The highest BCUT2D eigenvalue weighted by atomic mass is 32.2. The second-order valence-corrected chi connectivity index (χ2v) is 9.28. The predicted molar refractivity (Wildman–Crippen MR) is 111 cm³/mol. The number of hydrogen-bond donors (Lipinski definition) is 1. The molecule has 0 saturated carbocycles. The van der Waals surface area contributed by atoms with Crippen molar-refractivity contribution < 1.29 is 9.53 Å². The Morgan fingerprint density at radius 1 is 1.48 bits per heavy atom. The third kappa shape index (κ3) is 4.22. The van der Waals surface area contributed by atoms with E-state index in [9.17, 15) is 9.59 Å². The van der Waals surface area contributed by atoms with Gasteiger partial charge in [-0.1, -0.05) is 18.7 Å². The molecule has 2 aromatic rings. The first-order chi connectivity index (χ1) is 13.0. The molecule has 148 valence electrons. The van der Waals surface area contributed by atoms with Crippen LogP contribution >= 0.6 is 23.1 Å². The molecule has 1 amide bonds. The minimum Gasteiger partial charge on any atom is -0.376 e.